The Morgan fingerprint density at radius 1 is 1.40 bits per heavy atom. The third-order valence-electron chi connectivity index (χ3n) is 3.86. The van der Waals surface area contributed by atoms with Crippen molar-refractivity contribution in [2.75, 3.05) is 13.7 Å². The summed E-state index contributed by atoms with van der Waals surface area (Å²) >= 11 is 0. The number of esters is 1. The van der Waals surface area contributed by atoms with E-state index >= 15 is 0 Å². The highest BCUT2D eigenvalue weighted by molar-refractivity contribution is 5.89. The number of rotatable bonds is 5. The first-order valence-electron chi connectivity index (χ1n) is 6.70. The summed E-state index contributed by atoms with van der Waals surface area (Å²) in [5.41, 5.74) is 0.0670. The number of benzene rings is 1. The molecule has 4 nitrogen and oxygen atoms in total. The van der Waals surface area contributed by atoms with E-state index in [0.29, 0.717) is 18.4 Å². The van der Waals surface area contributed by atoms with Gasteiger partial charge < -0.3 is 10.1 Å². The lowest BCUT2D eigenvalue weighted by Gasteiger charge is -2.40. The van der Waals surface area contributed by atoms with Crippen LogP contribution < -0.4 is 5.32 Å². The van der Waals surface area contributed by atoms with E-state index in [0.717, 1.165) is 6.42 Å². The normalized spacial score (nSPS) is 16.1. The Kier molecular flexibility index (Phi) is 4.37. The van der Waals surface area contributed by atoms with Gasteiger partial charge in [0.05, 0.1) is 18.9 Å². The van der Waals surface area contributed by atoms with Crippen LogP contribution in [0.2, 0.25) is 0 Å². The van der Waals surface area contributed by atoms with Crippen molar-refractivity contribution >= 4 is 11.9 Å². The first kappa shape index (κ1) is 14.5. The second-order valence-electron chi connectivity index (χ2n) is 5.03. The maximum Gasteiger partial charge on any atom is 0.307 e. The van der Waals surface area contributed by atoms with Gasteiger partial charge in [-0.3, -0.25) is 9.59 Å². The van der Waals surface area contributed by atoms with Gasteiger partial charge >= 0.3 is 5.97 Å². The van der Waals surface area contributed by atoms with Gasteiger partial charge in [0.2, 0.25) is 5.91 Å². The summed E-state index contributed by atoms with van der Waals surface area (Å²) in [5.74, 6) is -0.840. The summed E-state index contributed by atoms with van der Waals surface area (Å²) in [4.78, 5) is 23.4. The van der Waals surface area contributed by atoms with Crippen molar-refractivity contribution in [1.82, 2.24) is 5.32 Å². The number of ether oxygens (including phenoxy) is 1. The Morgan fingerprint density at radius 2 is 2.15 bits per heavy atom. The van der Waals surface area contributed by atoms with Crippen molar-refractivity contribution in [2.24, 2.45) is 0 Å². The lowest BCUT2D eigenvalue weighted by Crippen LogP contribution is -2.49. The molecule has 1 amide bonds. The number of methoxy groups -OCH3 is 1. The number of carbonyl (C=O) groups is 2. The largest absolute Gasteiger partial charge is 0.469 e. The van der Waals surface area contributed by atoms with E-state index in [1.165, 1.54) is 19.2 Å². The van der Waals surface area contributed by atoms with E-state index in [1.54, 1.807) is 12.1 Å². The average Bonchev–Trinajstić information content (AvgIpc) is 2.37. The molecule has 1 aromatic carbocycles. The van der Waals surface area contributed by atoms with E-state index < -0.39 is 5.41 Å². The fourth-order valence-corrected chi connectivity index (χ4v) is 2.51. The first-order valence-corrected chi connectivity index (χ1v) is 6.70. The summed E-state index contributed by atoms with van der Waals surface area (Å²) in [7, 11) is 1.31. The van der Waals surface area contributed by atoms with Gasteiger partial charge in [-0.2, -0.15) is 0 Å². The minimum absolute atomic E-state index is 0.140. The van der Waals surface area contributed by atoms with Gasteiger partial charge in [-0.1, -0.05) is 18.6 Å². The predicted octanol–water partition coefficient (Wildman–Crippen LogP) is 1.93. The molecule has 0 atom stereocenters. The fourth-order valence-electron chi connectivity index (χ4n) is 2.51. The van der Waals surface area contributed by atoms with Crippen molar-refractivity contribution < 1.29 is 18.7 Å². The first-order chi connectivity index (χ1) is 9.58. The van der Waals surface area contributed by atoms with Crippen LogP contribution in [0.15, 0.2) is 24.3 Å². The molecular formula is C15H18FNO3. The smallest absolute Gasteiger partial charge is 0.307 e. The summed E-state index contributed by atoms with van der Waals surface area (Å²) < 4.78 is 17.9. The Balaban J connectivity index is 2.03. The minimum atomic E-state index is -0.641. The lowest BCUT2D eigenvalue weighted by molar-refractivity contribution is -0.140. The summed E-state index contributed by atoms with van der Waals surface area (Å²) in [6.07, 6.45) is 2.50. The van der Waals surface area contributed by atoms with Crippen LogP contribution in [0, 0.1) is 5.82 Å². The van der Waals surface area contributed by atoms with Crippen molar-refractivity contribution in [3.63, 3.8) is 0 Å². The third kappa shape index (κ3) is 2.81. The van der Waals surface area contributed by atoms with E-state index in [2.05, 4.69) is 10.1 Å². The molecule has 0 aromatic heterocycles. The molecule has 1 aliphatic rings. The average molecular weight is 279 g/mol. The molecular weight excluding hydrogens is 261 g/mol. The van der Waals surface area contributed by atoms with Crippen molar-refractivity contribution in [3.8, 4) is 0 Å². The zero-order valence-electron chi connectivity index (χ0n) is 11.4. The van der Waals surface area contributed by atoms with Crippen LogP contribution in [0.4, 0.5) is 4.39 Å². The van der Waals surface area contributed by atoms with Gasteiger partial charge in [0.15, 0.2) is 0 Å². The van der Waals surface area contributed by atoms with E-state index in [9.17, 15) is 14.0 Å². The zero-order chi connectivity index (χ0) is 14.6. The van der Waals surface area contributed by atoms with Gasteiger partial charge in [0.25, 0.3) is 0 Å². The molecule has 1 fully saturated rings. The van der Waals surface area contributed by atoms with Crippen LogP contribution in [0.3, 0.4) is 0 Å². The second-order valence-corrected chi connectivity index (χ2v) is 5.03. The van der Waals surface area contributed by atoms with Crippen LogP contribution in [0.5, 0.6) is 0 Å². The van der Waals surface area contributed by atoms with E-state index in [-0.39, 0.29) is 30.7 Å². The number of amides is 1. The number of halogens is 1. The lowest BCUT2D eigenvalue weighted by atomic mass is 9.64. The molecule has 0 unspecified atom stereocenters. The molecule has 20 heavy (non-hydrogen) atoms. The monoisotopic (exact) mass is 279 g/mol. The summed E-state index contributed by atoms with van der Waals surface area (Å²) in [6, 6.07) is 6.18. The highest BCUT2D eigenvalue weighted by Gasteiger charge is 2.45. The van der Waals surface area contributed by atoms with Gasteiger partial charge in [-0.05, 0) is 30.5 Å². The molecule has 0 radical (unpaired) electrons. The Labute approximate surface area is 117 Å². The molecule has 0 spiro atoms. The number of nitrogens with one attached hydrogen (secondary N) is 1. The molecule has 1 aromatic rings. The predicted molar refractivity (Wildman–Crippen MR) is 71.6 cm³/mol. The molecule has 1 saturated carbocycles. The molecule has 1 N–H and O–H groups in total. The molecule has 2 rings (SSSR count). The number of hydrogen-bond acceptors (Lipinski definition) is 3. The zero-order valence-corrected chi connectivity index (χ0v) is 11.4. The quantitative estimate of drug-likeness (QED) is 0.838. The van der Waals surface area contributed by atoms with Crippen LogP contribution >= 0.6 is 0 Å². The maximum absolute atomic E-state index is 13.3. The molecule has 0 saturated heterocycles. The highest BCUT2D eigenvalue weighted by Crippen LogP contribution is 2.44. The van der Waals surface area contributed by atoms with Crippen LogP contribution in [0.1, 0.15) is 31.2 Å². The molecule has 0 heterocycles. The summed E-state index contributed by atoms with van der Waals surface area (Å²) in [5, 5.41) is 2.75. The van der Waals surface area contributed by atoms with Crippen LogP contribution in [0.25, 0.3) is 0 Å². The number of carbonyl (C=O) groups excluding carboxylic acids is 2. The third-order valence-corrected chi connectivity index (χ3v) is 3.86. The van der Waals surface area contributed by atoms with Gasteiger partial charge in [-0.15, -0.1) is 0 Å². The SMILES string of the molecule is COC(=O)CCNC(=O)C1(c2cccc(F)c2)CCC1. The Morgan fingerprint density at radius 3 is 2.70 bits per heavy atom. The van der Waals surface area contributed by atoms with Crippen molar-refractivity contribution in [1.29, 1.82) is 0 Å². The molecule has 0 bridgehead atoms. The van der Waals surface area contributed by atoms with Crippen LogP contribution in [-0.4, -0.2) is 25.5 Å². The van der Waals surface area contributed by atoms with Gasteiger partial charge in [0.1, 0.15) is 5.82 Å². The summed E-state index contributed by atoms with van der Waals surface area (Å²) in [6.45, 7) is 0.239. The highest BCUT2D eigenvalue weighted by atomic mass is 19.1. The van der Waals surface area contributed by atoms with Gasteiger partial charge in [-0.25, -0.2) is 4.39 Å². The topological polar surface area (TPSA) is 55.4 Å². The molecule has 0 aliphatic heterocycles. The fraction of sp³-hybridized carbons (Fsp3) is 0.467. The second kappa shape index (κ2) is 6.03. The van der Waals surface area contributed by atoms with Crippen molar-refractivity contribution in [3.05, 3.63) is 35.6 Å². The number of hydrogen-bond donors (Lipinski definition) is 1. The minimum Gasteiger partial charge on any atom is -0.469 e. The Bertz CT molecular complexity index is 512. The van der Waals surface area contributed by atoms with Crippen LogP contribution in [-0.2, 0) is 19.7 Å². The van der Waals surface area contributed by atoms with Gasteiger partial charge in [0, 0.05) is 6.54 Å². The van der Waals surface area contributed by atoms with E-state index in [4.69, 9.17) is 0 Å². The molecule has 5 heteroatoms. The van der Waals surface area contributed by atoms with Crippen molar-refractivity contribution in [2.45, 2.75) is 31.1 Å². The maximum atomic E-state index is 13.3. The molecule has 1 aliphatic carbocycles. The van der Waals surface area contributed by atoms with E-state index in [1.807, 2.05) is 0 Å². The Hall–Kier alpha value is -1.91. The molecule has 108 valence electrons. The standard InChI is InChI=1S/C15H18FNO3/c1-20-13(18)6-9-17-14(19)15(7-3-8-15)11-4-2-5-12(16)10-11/h2,4-5,10H,3,6-9H2,1H3,(H,17,19).